The average Bonchev–Trinajstić information content (AvgIpc) is 3.24. The van der Waals surface area contributed by atoms with Crippen molar-refractivity contribution in [2.45, 2.75) is 13.0 Å². The molecule has 2 aliphatic heterocycles. The number of amidine groups is 1. The molecule has 1 atom stereocenters. The number of nitrogens with one attached hydrogen (secondary N) is 1. The van der Waals surface area contributed by atoms with Crippen LogP contribution in [0.3, 0.4) is 0 Å². The van der Waals surface area contributed by atoms with Crippen molar-refractivity contribution in [3.63, 3.8) is 0 Å². The van der Waals surface area contributed by atoms with E-state index in [-0.39, 0.29) is 17.8 Å². The number of carbonyl (C=O) groups excluding carboxylic acids is 1. The molecular weight excluding hydrogens is 444 g/mol. The monoisotopic (exact) mass is 466 g/mol. The van der Waals surface area contributed by atoms with Crippen molar-refractivity contribution in [1.29, 1.82) is 0 Å². The minimum Gasteiger partial charge on any atom is -0.493 e. The van der Waals surface area contributed by atoms with Crippen molar-refractivity contribution >= 4 is 28.9 Å². The van der Waals surface area contributed by atoms with Crippen LogP contribution in [0.1, 0.15) is 22.9 Å². The summed E-state index contributed by atoms with van der Waals surface area (Å²) in [4.78, 5) is 24.5. The fourth-order valence-corrected chi connectivity index (χ4v) is 4.72. The molecule has 1 amide bonds. The van der Waals surface area contributed by atoms with Gasteiger partial charge in [0.05, 0.1) is 37.3 Å². The van der Waals surface area contributed by atoms with Crippen LogP contribution in [0.4, 0.5) is 17.2 Å². The molecular formula is C26H22N6O3. The van der Waals surface area contributed by atoms with E-state index in [0.717, 1.165) is 28.2 Å². The zero-order valence-electron chi connectivity index (χ0n) is 19.4. The van der Waals surface area contributed by atoms with Crippen molar-refractivity contribution in [1.82, 2.24) is 14.8 Å². The number of pyridine rings is 1. The minimum absolute atomic E-state index is 0.285. The van der Waals surface area contributed by atoms with Crippen molar-refractivity contribution in [2.24, 2.45) is 4.99 Å². The molecule has 35 heavy (non-hydrogen) atoms. The number of para-hydroxylation sites is 2. The zero-order valence-corrected chi connectivity index (χ0v) is 19.4. The Morgan fingerprint density at radius 3 is 2.54 bits per heavy atom. The van der Waals surface area contributed by atoms with Crippen LogP contribution in [0.15, 0.2) is 71.9 Å². The minimum atomic E-state index is -0.387. The normalized spacial score (nSPS) is 16.0. The van der Waals surface area contributed by atoms with Gasteiger partial charge in [0.1, 0.15) is 0 Å². The number of aryl methyl sites for hydroxylation is 1. The van der Waals surface area contributed by atoms with E-state index < -0.39 is 0 Å². The lowest BCUT2D eigenvalue weighted by atomic mass is 9.93. The predicted molar refractivity (Wildman–Crippen MR) is 132 cm³/mol. The lowest BCUT2D eigenvalue weighted by Gasteiger charge is -2.40. The Morgan fingerprint density at radius 1 is 0.971 bits per heavy atom. The van der Waals surface area contributed by atoms with Gasteiger partial charge in [0.2, 0.25) is 5.84 Å². The third-order valence-corrected chi connectivity index (χ3v) is 6.26. The summed E-state index contributed by atoms with van der Waals surface area (Å²) in [6.07, 6.45) is 1.70. The number of rotatable bonds is 4. The third-order valence-electron chi connectivity index (χ3n) is 6.26. The van der Waals surface area contributed by atoms with Crippen LogP contribution < -0.4 is 19.7 Å². The number of ether oxygens (including phenoxy) is 2. The summed E-state index contributed by atoms with van der Waals surface area (Å²) in [6, 6.07) is 18.7. The predicted octanol–water partition coefficient (Wildman–Crippen LogP) is 4.18. The standard InChI is InChI=1S/C26H22N6O3/c1-15-22-23(16-11-12-19(34-2)20(14-16)35-3)31-18-9-5-4-8-17(18)28-26(33)25(31)29-24(22)32(30-15)21-10-6-7-13-27-21/h4-14,23H,1-3H3,(H,28,33)/t23-/m0/s1. The summed E-state index contributed by atoms with van der Waals surface area (Å²) >= 11 is 0. The maximum absolute atomic E-state index is 13.3. The topological polar surface area (TPSA) is 93.9 Å². The molecule has 9 heteroatoms. The lowest BCUT2D eigenvalue weighted by molar-refractivity contribution is -0.110. The summed E-state index contributed by atoms with van der Waals surface area (Å²) in [5.41, 5.74) is 4.15. The van der Waals surface area contributed by atoms with Crippen LogP contribution in [0, 0.1) is 6.92 Å². The van der Waals surface area contributed by atoms with Crippen molar-refractivity contribution in [3.05, 3.63) is 83.7 Å². The molecule has 1 N–H and O–H groups in total. The maximum Gasteiger partial charge on any atom is 0.291 e. The fourth-order valence-electron chi connectivity index (χ4n) is 4.72. The van der Waals surface area contributed by atoms with Gasteiger partial charge in [-0.05, 0) is 48.9 Å². The number of anilines is 2. The quantitative estimate of drug-likeness (QED) is 0.485. The highest BCUT2D eigenvalue weighted by atomic mass is 16.5. The summed E-state index contributed by atoms with van der Waals surface area (Å²) in [5.74, 6) is 2.41. The Hall–Kier alpha value is -4.66. The van der Waals surface area contributed by atoms with E-state index in [1.807, 2.05) is 72.5 Å². The number of aliphatic imine (C=N–C) groups is 1. The summed E-state index contributed by atoms with van der Waals surface area (Å²) in [7, 11) is 3.21. The van der Waals surface area contributed by atoms with Gasteiger partial charge in [-0.1, -0.05) is 24.3 Å². The van der Waals surface area contributed by atoms with Gasteiger partial charge in [-0.15, -0.1) is 0 Å². The van der Waals surface area contributed by atoms with Gasteiger partial charge in [0, 0.05) is 11.8 Å². The third kappa shape index (κ3) is 3.16. The first-order valence-electron chi connectivity index (χ1n) is 11.1. The fraction of sp³-hybridized carbons (Fsp3) is 0.154. The first-order valence-corrected chi connectivity index (χ1v) is 11.1. The van der Waals surface area contributed by atoms with E-state index in [2.05, 4.69) is 10.3 Å². The van der Waals surface area contributed by atoms with Gasteiger partial charge >= 0.3 is 0 Å². The maximum atomic E-state index is 13.3. The smallest absolute Gasteiger partial charge is 0.291 e. The summed E-state index contributed by atoms with van der Waals surface area (Å²) < 4.78 is 12.8. The molecule has 2 aromatic heterocycles. The number of benzene rings is 2. The Kier molecular flexibility index (Phi) is 4.77. The second-order valence-electron chi connectivity index (χ2n) is 8.22. The summed E-state index contributed by atoms with van der Waals surface area (Å²) in [6.45, 7) is 1.95. The largest absolute Gasteiger partial charge is 0.493 e. The molecule has 174 valence electrons. The Labute approximate surface area is 201 Å². The van der Waals surface area contributed by atoms with Crippen LogP contribution in [0.5, 0.6) is 11.5 Å². The molecule has 0 aliphatic carbocycles. The van der Waals surface area contributed by atoms with Gasteiger partial charge in [-0.3, -0.25) is 4.79 Å². The van der Waals surface area contributed by atoms with Gasteiger partial charge in [0.15, 0.2) is 23.1 Å². The van der Waals surface area contributed by atoms with Gasteiger partial charge in [-0.2, -0.15) is 9.78 Å². The number of aromatic nitrogens is 3. The van der Waals surface area contributed by atoms with Crippen molar-refractivity contribution in [2.75, 3.05) is 24.4 Å². The molecule has 0 saturated heterocycles. The van der Waals surface area contributed by atoms with Crippen LogP contribution in [0.25, 0.3) is 5.82 Å². The molecule has 0 unspecified atom stereocenters. The first kappa shape index (κ1) is 20.9. The van der Waals surface area contributed by atoms with E-state index in [0.29, 0.717) is 23.1 Å². The molecule has 2 aliphatic rings. The van der Waals surface area contributed by atoms with Crippen LogP contribution in [-0.4, -0.2) is 40.7 Å². The second-order valence-corrected chi connectivity index (χ2v) is 8.22. The molecule has 6 rings (SSSR count). The van der Waals surface area contributed by atoms with E-state index in [4.69, 9.17) is 19.6 Å². The highest BCUT2D eigenvalue weighted by Gasteiger charge is 2.42. The van der Waals surface area contributed by atoms with E-state index in [1.54, 1.807) is 25.1 Å². The Bertz CT molecular complexity index is 1490. The number of hydrogen-bond donors (Lipinski definition) is 1. The Balaban J connectivity index is 1.65. The molecule has 0 radical (unpaired) electrons. The number of carbonyl (C=O) groups is 1. The molecule has 0 spiro atoms. The molecule has 0 bridgehead atoms. The second kappa shape index (κ2) is 7.98. The van der Waals surface area contributed by atoms with E-state index in [1.165, 1.54) is 0 Å². The highest BCUT2D eigenvalue weighted by Crippen LogP contribution is 2.48. The first-order chi connectivity index (χ1) is 17.1. The summed E-state index contributed by atoms with van der Waals surface area (Å²) in [5, 5.41) is 7.75. The van der Waals surface area contributed by atoms with Gasteiger partial charge in [0.25, 0.3) is 5.91 Å². The molecule has 0 saturated carbocycles. The molecule has 4 aromatic rings. The van der Waals surface area contributed by atoms with Crippen LogP contribution in [-0.2, 0) is 4.79 Å². The number of amides is 1. The van der Waals surface area contributed by atoms with Crippen molar-refractivity contribution < 1.29 is 14.3 Å². The zero-order chi connectivity index (χ0) is 24.1. The van der Waals surface area contributed by atoms with Gasteiger partial charge < -0.3 is 19.7 Å². The number of methoxy groups -OCH3 is 2. The number of nitrogens with zero attached hydrogens (tertiary/aromatic N) is 5. The SMILES string of the molecule is COc1ccc([C@H]2c3c(C)nn(-c4ccccn4)c3N=C3C(=O)Nc4ccccc4N32)cc1OC. The van der Waals surface area contributed by atoms with Crippen molar-refractivity contribution in [3.8, 4) is 17.3 Å². The molecule has 4 heterocycles. The number of hydrogen-bond acceptors (Lipinski definition) is 7. The average molecular weight is 467 g/mol. The number of fused-ring (bicyclic) bond motifs is 4. The highest BCUT2D eigenvalue weighted by molar-refractivity contribution is 6.50. The lowest BCUT2D eigenvalue weighted by Crippen LogP contribution is -2.48. The van der Waals surface area contributed by atoms with Crippen LogP contribution in [0.2, 0.25) is 0 Å². The molecule has 9 nitrogen and oxygen atoms in total. The van der Waals surface area contributed by atoms with E-state index >= 15 is 0 Å². The Morgan fingerprint density at radius 2 is 1.77 bits per heavy atom. The van der Waals surface area contributed by atoms with Gasteiger partial charge in [-0.25, -0.2) is 9.98 Å². The van der Waals surface area contributed by atoms with Crippen LogP contribution >= 0.6 is 0 Å². The molecule has 2 aromatic carbocycles. The molecule has 0 fully saturated rings. The van der Waals surface area contributed by atoms with E-state index in [9.17, 15) is 4.79 Å².